The summed E-state index contributed by atoms with van der Waals surface area (Å²) in [6, 6.07) is 4.11. The van der Waals surface area contributed by atoms with Crippen LogP contribution in [0.25, 0.3) is 0 Å². The molecule has 0 bridgehead atoms. The summed E-state index contributed by atoms with van der Waals surface area (Å²) in [4.78, 5) is 19.0. The molecule has 1 atom stereocenters. The SMILES string of the molecule is CCCCn1ccnc1C1CCCN(C(=O)c2cc(Cl)ccc2F)C1. The second-order valence-corrected chi connectivity index (χ2v) is 6.98. The van der Waals surface area contributed by atoms with Gasteiger partial charge >= 0.3 is 0 Å². The fourth-order valence-electron chi connectivity index (χ4n) is 3.40. The second-order valence-electron chi connectivity index (χ2n) is 6.55. The normalized spacial score (nSPS) is 17.7. The predicted molar refractivity (Wildman–Crippen MR) is 96.4 cm³/mol. The van der Waals surface area contributed by atoms with Crippen molar-refractivity contribution < 1.29 is 9.18 Å². The van der Waals surface area contributed by atoms with Crippen molar-refractivity contribution in [3.63, 3.8) is 0 Å². The number of aryl methyl sites for hydroxylation is 1. The standard InChI is InChI=1S/C19H23ClFN3O/c1-2-3-9-23-11-8-22-18(23)14-5-4-10-24(13-14)19(25)16-12-15(20)6-7-17(16)21/h6-8,11-12,14H,2-5,9-10,13H2,1H3. The number of hydrogen-bond acceptors (Lipinski definition) is 2. The van der Waals surface area contributed by atoms with Gasteiger partial charge in [-0.25, -0.2) is 9.37 Å². The molecule has 25 heavy (non-hydrogen) atoms. The number of hydrogen-bond donors (Lipinski definition) is 0. The second kappa shape index (κ2) is 8.00. The van der Waals surface area contributed by atoms with E-state index in [1.807, 2.05) is 12.4 Å². The Morgan fingerprint density at radius 3 is 3.08 bits per heavy atom. The lowest BCUT2D eigenvalue weighted by molar-refractivity contribution is 0.0698. The molecule has 4 nitrogen and oxygen atoms in total. The summed E-state index contributed by atoms with van der Waals surface area (Å²) < 4.78 is 16.2. The zero-order valence-electron chi connectivity index (χ0n) is 14.4. The highest BCUT2D eigenvalue weighted by atomic mass is 35.5. The van der Waals surface area contributed by atoms with Gasteiger partial charge in [-0.15, -0.1) is 0 Å². The largest absolute Gasteiger partial charge is 0.338 e. The molecule has 134 valence electrons. The molecule has 0 saturated carbocycles. The van der Waals surface area contributed by atoms with Crippen molar-refractivity contribution in [2.24, 2.45) is 0 Å². The van der Waals surface area contributed by atoms with Crippen LogP contribution in [0.5, 0.6) is 0 Å². The van der Waals surface area contributed by atoms with Crippen LogP contribution in [0, 0.1) is 5.82 Å². The molecule has 0 aliphatic carbocycles. The van der Waals surface area contributed by atoms with Crippen molar-refractivity contribution in [2.45, 2.75) is 45.1 Å². The number of piperidine rings is 1. The number of rotatable bonds is 5. The number of aromatic nitrogens is 2. The van der Waals surface area contributed by atoms with Gasteiger partial charge in [-0.1, -0.05) is 24.9 Å². The third-order valence-electron chi connectivity index (χ3n) is 4.73. The van der Waals surface area contributed by atoms with Gasteiger partial charge in [0, 0.05) is 43.0 Å². The molecular formula is C19H23ClFN3O. The molecule has 1 aliphatic heterocycles. The monoisotopic (exact) mass is 363 g/mol. The smallest absolute Gasteiger partial charge is 0.256 e. The Bertz CT molecular complexity index is 746. The van der Waals surface area contributed by atoms with Gasteiger partial charge in [0.15, 0.2) is 0 Å². The number of benzene rings is 1. The predicted octanol–water partition coefficient (Wildman–Crippen LogP) is 4.50. The first-order valence-electron chi connectivity index (χ1n) is 8.85. The number of unbranched alkanes of at least 4 members (excludes halogenated alkanes) is 1. The molecule has 2 aromatic rings. The van der Waals surface area contributed by atoms with Gasteiger partial charge in [-0.05, 0) is 37.5 Å². The van der Waals surface area contributed by atoms with E-state index in [-0.39, 0.29) is 17.4 Å². The molecule has 1 amide bonds. The minimum atomic E-state index is -0.527. The van der Waals surface area contributed by atoms with Crippen molar-refractivity contribution in [2.75, 3.05) is 13.1 Å². The van der Waals surface area contributed by atoms with Crippen LogP contribution in [0.4, 0.5) is 4.39 Å². The molecule has 0 spiro atoms. The molecule has 0 N–H and O–H groups in total. The number of carbonyl (C=O) groups is 1. The fraction of sp³-hybridized carbons (Fsp3) is 0.474. The van der Waals surface area contributed by atoms with Crippen molar-refractivity contribution in [3.8, 4) is 0 Å². The third kappa shape index (κ3) is 4.03. The quantitative estimate of drug-likeness (QED) is 0.784. The number of nitrogens with zero attached hydrogens (tertiary/aromatic N) is 3. The molecular weight excluding hydrogens is 341 g/mol. The van der Waals surface area contributed by atoms with Gasteiger partial charge in [0.25, 0.3) is 5.91 Å². The minimum absolute atomic E-state index is 0.0440. The number of likely N-dealkylation sites (tertiary alicyclic amines) is 1. The topological polar surface area (TPSA) is 38.1 Å². The van der Waals surface area contributed by atoms with E-state index >= 15 is 0 Å². The van der Waals surface area contributed by atoms with Crippen LogP contribution in [-0.4, -0.2) is 33.4 Å². The number of halogens is 2. The van der Waals surface area contributed by atoms with E-state index in [1.165, 1.54) is 18.2 Å². The fourth-order valence-corrected chi connectivity index (χ4v) is 3.57. The lowest BCUT2D eigenvalue weighted by Gasteiger charge is -2.33. The van der Waals surface area contributed by atoms with Gasteiger partial charge in [-0.3, -0.25) is 4.79 Å². The van der Waals surface area contributed by atoms with Crippen molar-refractivity contribution in [1.29, 1.82) is 0 Å². The van der Waals surface area contributed by atoms with E-state index in [2.05, 4.69) is 16.5 Å². The highest BCUT2D eigenvalue weighted by Crippen LogP contribution is 2.28. The van der Waals surface area contributed by atoms with Crippen LogP contribution in [0.2, 0.25) is 5.02 Å². The number of imidazole rings is 1. The van der Waals surface area contributed by atoms with Gasteiger partial charge in [0.05, 0.1) is 5.56 Å². The zero-order valence-corrected chi connectivity index (χ0v) is 15.2. The van der Waals surface area contributed by atoms with Crippen molar-refractivity contribution in [3.05, 3.63) is 52.8 Å². The van der Waals surface area contributed by atoms with Crippen LogP contribution in [0.3, 0.4) is 0 Å². The maximum Gasteiger partial charge on any atom is 0.256 e. The van der Waals surface area contributed by atoms with E-state index in [1.54, 1.807) is 4.90 Å². The molecule has 1 aromatic heterocycles. The average Bonchev–Trinajstić information content (AvgIpc) is 3.10. The van der Waals surface area contributed by atoms with Gasteiger partial charge in [0.2, 0.25) is 0 Å². The van der Waals surface area contributed by atoms with Crippen LogP contribution >= 0.6 is 11.6 Å². The van der Waals surface area contributed by atoms with E-state index in [4.69, 9.17) is 11.6 Å². The Kier molecular flexibility index (Phi) is 5.74. The maximum absolute atomic E-state index is 14.0. The van der Waals surface area contributed by atoms with Crippen LogP contribution in [0.1, 0.15) is 54.7 Å². The van der Waals surface area contributed by atoms with E-state index in [0.717, 1.165) is 38.1 Å². The van der Waals surface area contributed by atoms with E-state index in [9.17, 15) is 9.18 Å². The molecule has 0 radical (unpaired) electrons. The molecule has 3 rings (SSSR count). The van der Waals surface area contributed by atoms with E-state index < -0.39 is 5.82 Å². The molecule has 1 saturated heterocycles. The molecule has 6 heteroatoms. The maximum atomic E-state index is 14.0. The molecule has 1 unspecified atom stereocenters. The summed E-state index contributed by atoms with van der Waals surface area (Å²) in [6.07, 6.45) is 7.93. The van der Waals surface area contributed by atoms with Gasteiger partial charge in [-0.2, -0.15) is 0 Å². The lowest BCUT2D eigenvalue weighted by atomic mass is 9.96. The summed E-state index contributed by atoms with van der Waals surface area (Å²) in [5.74, 6) is 0.390. The van der Waals surface area contributed by atoms with Crippen LogP contribution < -0.4 is 0 Å². The first-order chi connectivity index (χ1) is 12.1. The zero-order chi connectivity index (χ0) is 17.8. The Balaban J connectivity index is 1.76. The molecule has 1 fully saturated rings. The number of amides is 1. The highest BCUT2D eigenvalue weighted by Gasteiger charge is 2.29. The van der Waals surface area contributed by atoms with Gasteiger partial charge in [0.1, 0.15) is 11.6 Å². The van der Waals surface area contributed by atoms with Crippen LogP contribution in [-0.2, 0) is 6.54 Å². The minimum Gasteiger partial charge on any atom is -0.338 e. The Hall–Kier alpha value is -1.88. The van der Waals surface area contributed by atoms with Crippen molar-refractivity contribution >= 4 is 17.5 Å². The molecule has 2 heterocycles. The molecule has 1 aliphatic rings. The van der Waals surface area contributed by atoms with Gasteiger partial charge < -0.3 is 9.47 Å². The summed E-state index contributed by atoms with van der Waals surface area (Å²) in [5.41, 5.74) is 0.0440. The summed E-state index contributed by atoms with van der Waals surface area (Å²) in [6.45, 7) is 4.31. The first-order valence-corrected chi connectivity index (χ1v) is 9.23. The first kappa shape index (κ1) is 17.9. The van der Waals surface area contributed by atoms with Crippen molar-refractivity contribution in [1.82, 2.24) is 14.5 Å². The average molecular weight is 364 g/mol. The Labute approximate surface area is 152 Å². The Morgan fingerprint density at radius 2 is 2.28 bits per heavy atom. The summed E-state index contributed by atoms with van der Waals surface area (Å²) in [7, 11) is 0. The summed E-state index contributed by atoms with van der Waals surface area (Å²) in [5, 5.41) is 0.369. The lowest BCUT2D eigenvalue weighted by Crippen LogP contribution is -2.40. The third-order valence-corrected chi connectivity index (χ3v) is 4.97. The number of carbonyl (C=O) groups excluding carboxylic acids is 1. The van der Waals surface area contributed by atoms with E-state index in [0.29, 0.717) is 18.1 Å². The molecule has 1 aromatic carbocycles. The summed E-state index contributed by atoms with van der Waals surface area (Å²) >= 11 is 5.93. The van der Waals surface area contributed by atoms with Crippen LogP contribution in [0.15, 0.2) is 30.6 Å². The Morgan fingerprint density at radius 1 is 1.44 bits per heavy atom. The highest BCUT2D eigenvalue weighted by molar-refractivity contribution is 6.31.